The largest absolute Gasteiger partial charge is 0.397 e. The molecule has 2 N–H and O–H groups in total. The maximum Gasteiger partial charge on any atom is 0.223 e. The van der Waals surface area contributed by atoms with Gasteiger partial charge in [-0.05, 0) is 24.6 Å². The van der Waals surface area contributed by atoms with Gasteiger partial charge in [-0.3, -0.25) is 4.79 Å². The molecule has 4 nitrogen and oxygen atoms in total. The quantitative estimate of drug-likeness (QED) is 0.787. The second kappa shape index (κ2) is 4.35. The Balaban J connectivity index is 1.80. The Labute approximate surface area is 111 Å². The molecule has 0 aliphatic carbocycles. The van der Waals surface area contributed by atoms with Crippen molar-refractivity contribution < 1.29 is 4.79 Å². The van der Waals surface area contributed by atoms with E-state index in [1.807, 2.05) is 17.0 Å². The Morgan fingerprint density at radius 3 is 2.94 bits per heavy atom. The van der Waals surface area contributed by atoms with Crippen molar-refractivity contribution in [3.05, 3.63) is 23.2 Å². The number of nitrogens with zero attached hydrogens (tertiary/aromatic N) is 2. The van der Waals surface area contributed by atoms with Gasteiger partial charge in [-0.15, -0.1) is 0 Å². The predicted octanol–water partition coefficient (Wildman–Crippen LogP) is 1.73. The molecule has 2 aliphatic rings. The molecule has 1 atom stereocenters. The summed E-state index contributed by atoms with van der Waals surface area (Å²) in [6.45, 7) is 2.51. The lowest BCUT2D eigenvalue weighted by molar-refractivity contribution is -0.129. The number of benzene rings is 1. The summed E-state index contributed by atoms with van der Waals surface area (Å²) < 4.78 is 0. The van der Waals surface area contributed by atoms with Crippen molar-refractivity contribution in [3.8, 4) is 0 Å². The Bertz CT molecular complexity index is 491. The van der Waals surface area contributed by atoms with Gasteiger partial charge in [-0.2, -0.15) is 0 Å². The fraction of sp³-hybridized carbons (Fsp3) is 0.462. The number of halogens is 1. The summed E-state index contributed by atoms with van der Waals surface area (Å²) in [6, 6.07) is 5.95. The minimum atomic E-state index is 0.295. The highest BCUT2D eigenvalue weighted by molar-refractivity contribution is 6.31. The molecule has 2 fully saturated rings. The van der Waals surface area contributed by atoms with Gasteiger partial charge >= 0.3 is 0 Å². The molecule has 1 amide bonds. The van der Waals surface area contributed by atoms with Crippen LogP contribution in [0.4, 0.5) is 11.4 Å². The fourth-order valence-corrected chi connectivity index (χ4v) is 3.08. The third-order valence-electron chi connectivity index (χ3n) is 3.82. The average Bonchev–Trinajstić information content (AvgIpc) is 2.71. The number of rotatable bonds is 1. The molecule has 0 radical (unpaired) electrons. The van der Waals surface area contributed by atoms with Crippen LogP contribution in [0.15, 0.2) is 18.2 Å². The van der Waals surface area contributed by atoms with Crippen LogP contribution in [0, 0.1) is 0 Å². The lowest BCUT2D eigenvalue weighted by atomic mass is 10.1. The van der Waals surface area contributed by atoms with Crippen LogP contribution < -0.4 is 10.6 Å². The van der Waals surface area contributed by atoms with Crippen LogP contribution in [0.25, 0.3) is 0 Å². The molecular formula is C13H16ClN3O. The molecule has 5 heteroatoms. The second-order valence-corrected chi connectivity index (χ2v) is 5.37. The van der Waals surface area contributed by atoms with E-state index in [9.17, 15) is 4.79 Å². The molecule has 18 heavy (non-hydrogen) atoms. The Kier molecular flexibility index (Phi) is 2.82. The number of carbonyl (C=O) groups is 1. The van der Waals surface area contributed by atoms with Gasteiger partial charge in [0.25, 0.3) is 0 Å². The molecule has 1 unspecified atom stereocenters. The van der Waals surface area contributed by atoms with E-state index >= 15 is 0 Å². The number of nitrogen functional groups attached to an aromatic ring is 1. The first-order chi connectivity index (χ1) is 8.65. The molecule has 1 aromatic carbocycles. The highest BCUT2D eigenvalue weighted by Crippen LogP contribution is 2.31. The molecule has 0 bridgehead atoms. The second-order valence-electron chi connectivity index (χ2n) is 4.93. The van der Waals surface area contributed by atoms with E-state index in [0.717, 1.165) is 31.7 Å². The summed E-state index contributed by atoms with van der Waals surface area (Å²) in [5.74, 6) is 0.295. The lowest BCUT2D eigenvalue weighted by Gasteiger charge is -2.39. The molecule has 0 aromatic heterocycles. The van der Waals surface area contributed by atoms with Gasteiger partial charge < -0.3 is 15.5 Å². The van der Waals surface area contributed by atoms with Gasteiger partial charge in [0.15, 0.2) is 0 Å². The molecule has 2 saturated heterocycles. The van der Waals surface area contributed by atoms with Crippen molar-refractivity contribution in [2.24, 2.45) is 0 Å². The van der Waals surface area contributed by atoms with E-state index in [4.69, 9.17) is 17.3 Å². The van der Waals surface area contributed by atoms with E-state index in [1.54, 1.807) is 6.07 Å². The first kappa shape index (κ1) is 11.7. The van der Waals surface area contributed by atoms with E-state index < -0.39 is 0 Å². The van der Waals surface area contributed by atoms with E-state index in [2.05, 4.69) is 4.90 Å². The maximum absolute atomic E-state index is 11.6. The van der Waals surface area contributed by atoms with E-state index in [-0.39, 0.29) is 0 Å². The fourth-order valence-electron chi connectivity index (χ4n) is 2.90. The molecule has 1 aromatic rings. The molecular weight excluding hydrogens is 250 g/mol. The number of piperazine rings is 1. The van der Waals surface area contributed by atoms with Crippen LogP contribution in [0.2, 0.25) is 5.02 Å². The van der Waals surface area contributed by atoms with Gasteiger partial charge in [0.05, 0.1) is 11.4 Å². The predicted molar refractivity (Wildman–Crippen MR) is 72.8 cm³/mol. The van der Waals surface area contributed by atoms with Crippen LogP contribution in [0.1, 0.15) is 12.8 Å². The SMILES string of the molecule is Nc1cc(Cl)ccc1N1CCN2C(=O)CCC2C1. The van der Waals surface area contributed by atoms with Gasteiger partial charge in [0.2, 0.25) is 5.91 Å². The number of hydrogen-bond donors (Lipinski definition) is 1. The Hall–Kier alpha value is -1.42. The van der Waals surface area contributed by atoms with Crippen molar-refractivity contribution in [1.29, 1.82) is 0 Å². The van der Waals surface area contributed by atoms with Crippen molar-refractivity contribution in [2.75, 3.05) is 30.3 Å². The topological polar surface area (TPSA) is 49.6 Å². The molecule has 2 aliphatic heterocycles. The number of hydrogen-bond acceptors (Lipinski definition) is 3. The summed E-state index contributed by atoms with van der Waals surface area (Å²) in [6.07, 6.45) is 1.65. The maximum atomic E-state index is 11.6. The minimum absolute atomic E-state index is 0.295. The number of fused-ring (bicyclic) bond motifs is 1. The van der Waals surface area contributed by atoms with Crippen molar-refractivity contribution in [2.45, 2.75) is 18.9 Å². The monoisotopic (exact) mass is 265 g/mol. The van der Waals surface area contributed by atoms with Crippen LogP contribution in [0.3, 0.4) is 0 Å². The lowest BCUT2D eigenvalue weighted by Crippen LogP contribution is -2.51. The molecule has 0 spiro atoms. The Morgan fingerprint density at radius 2 is 2.17 bits per heavy atom. The van der Waals surface area contributed by atoms with Crippen molar-refractivity contribution in [1.82, 2.24) is 4.90 Å². The number of nitrogens with two attached hydrogens (primary N) is 1. The standard InChI is InChI=1S/C13H16ClN3O/c14-9-1-3-12(11(15)7-9)16-5-6-17-10(8-16)2-4-13(17)18/h1,3,7,10H,2,4-6,8,15H2. The van der Waals surface area contributed by atoms with Crippen LogP contribution >= 0.6 is 11.6 Å². The normalized spacial score (nSPS) is 23.4. The zero-order valence-electron chi connectivity index (χ0n) is 10.1. The molecule has 2 heterocycles. The molecule has 96 valence electrons. The molecule has 3 rings (SSSR count). The summed E-state index contributed by atoms with van der Waals surface area (Å²) in [7, 11) is 0. The third-order valence-corrected chi connectivity index (χ3v) is 4.06. The zero-order valence-corrected chi connectivity index (χ0v) is 10.9. The first-order valence-electron chi connectivity index (χ1n) is 6.24. The average molecular weight is 266 g/mol. The highest BCUT2D eigenvalue weighted by atomic mass is 35.5. The summed E-state index contributed by atoms with van der Waals surface area (Å²) >= 11 is 5.91. The van der Waals surface area contributed by atoms with Gasteiger partial charge in [0, 0.05) is 37.1 Å². The van der Waals surface area contributed by atoms with E-state index in [1.165, 1.54) is 0 Å². The summed E-state index contributed by atoms with van der Waals surface area (Å²) in [5.41, 5.74) is 7.74. The smallest absolute Gasteiger partial charge is 0.223 e. The van der Waals surface area contributed by atoms with Crippen molar-refractivity contribution >= 4 is 28.9 Å². The van der Waals surface area contributed by atoms with Crippen LogP contribution in [0.5, 0.6) is 0 Å². The van der Waals surface area contributed by atoms with Crippen LogP contribution in [-0.4, -0.2) is 36.5 Å². The Morgan fingerprint density at radius 1 is 1.33 bits per heavy atom. The third kappa shape index (κ3) is 1.90. The van der Waals surface area contributed by atoms with Gasteiger partial charge in [-0.25, -0.2) is 0 Å². The number of carbonyl (C=O) groups excluding carboxylic acids is 1. The number of amides is 1. The van der Waals surface area contributed by atoms with E-state index in [0.29, 0.717) is 29.1 Å². The van der Waals surface area contributed by atoms with Crippen molar-refractivity contribution in [3.63, 3.8) is 0 Å². The number of anilines is 2. The minimum Gasteiger partial charge on any atom is -0.397 e. The summed E-state index contributed by atoms with van der Waals surface area (Å²) in [4.78, 5) is 15.9. The van der Waals surface area contributed by atoms with Gasteiger partial charge in [0.1, 0.15) is 0 Å². The highest BCUT2D eigenvalue weighted by Gasteiger charge is 2.35. The summed E-state index contributed by atoms with van der Waals surface area (Å²) in [5, 5.41) is 0.658. The van der Waals surface area contributed by atoms with Gasteiger partial charge in [-0.1, -0.05) is 11.6 Å². The molecule has 0 saturated carbocycles. The zero-order chi connectivity index (χ0) is 12.7. The van der Waals surface area contributed by atoms with Crippen LogP contribution in [-0.2, 0) is 4.79 Å². The first-order valence-corrected chi connectivity index (χ1v) is 6.62.